The van der Waals surface area contributed by atoms with Crippen LogP contribution < -0.4 is 10.6 Å². The summed E-state index contributed by atoms with van der Waals surface area (Å²) < 4.78 is 0. The van der Waals surface area contributed by atoms with Gasteiger partial charge in [0, 0.05) is 36.9 Å². The Labute approximate surface area is 188 Å². The second-order valence-corrected chi connectivity index (χ2v) is 8.06. The molecular formula is C22H28Cl2N4O2. The highest BCUT2D eigenvalue weighted by Crippen LogP contribution is 2.16. The molecule has 2 N–H and O–H groups in total. The summed E-state index contributed by atoms with van der Waals surface area (Å²) in [4.78, 5) is 31.7. The molecule has 0 aliphatic carbocycles. The summed E-state index contributed by atoms with van der Waals surface area (Å²) in [5.74, 6) is 0.0737. The van der Waals surface area contributed by atoms with Gasteiger partial charge in [0.2, 0.25) is 5.91 Å². The van der Waals surface area contributed by atoms with Crippen LogP contribution in [0.3, 0.4) is 0 Å². The van der Waals surface area contributed by atoms with Crippen LogP contribution in [0.2, 0.25) is 5.02 Å². The van der Waals surface area contributed by atoms with Gasteiger partial charge in [-0.25, -0.2) is 4.98 Å². The van der Waals surface area contributed by atoms with Crippen LogP contribution in [0.15, 0.2) is 42.6 Å². The first-order chi connectivity index (χ1) is 13.9. The van der Waals surface area contributed by atoms with Crippen LogP contribution in [-0.2, 0) is 11.2 Å². The van der Waals surface area contributed by atoms with Crippen molar-refractivity contribution < 1.29 is 9.59 Å². The molecule has 30 heavy (non-hydrogen) atoms. The number of piperidine rings is 1. The topological polar surface area (TPSA) is 74.3 Å². The van der Waals surface area contributed by atoms with Gasteiger partial charge >= 0.3 is 0 Å². The van der Waals surface area contributed by atoms with Gasteiger partial charge in [-0.2, -0.15) is 0 Å². The molecule has 0 saturated carbocycles. The number of nitrogens with one attached hydrogen (secondary N) is 2. The Kier molecular flexibility index (Phi) is 9.08. The predicted molar refractivity (Wildman–Crippen MR) is 122 cm³/mol. The number of anilines is 1. The molecular weight excluding hydrogens is 423 g/mol. The number of likely N-dealkylation sites (tertiary alicyclic amines) is 1. The molecule has 0 spiro atoms. The molecule has 6 nitrogen and oxygen atoms in total. The summed E-state index contributed by atoms with van der Waals surface area (Å²) in [6.45, 7) is 6.36. The van der Waals surface area contributed by atoms with Gasteiger partial charge in [0.25, 0.3) is 5.91 Å². The minimum Gasteiger partial charge on any atom is -0.349 e. The van der Waals surface area contributed by atoms with Crippen LogP contribution in [0.4, 0.5) is 5.82 Å². The van der Waals surface area contributed by atoms with Gasteiger partial charge in [-0.1, -0.05) is 29.8 Å². The van der Waals surface area contributed by atoms with Crippen molar-refractivity contribution in [2.24, 2.45) is 0 Å². The van der Waals surface area contributed by atoms with Gasteiger partial charge in [-0.05, 0) is 50.5 Å². The molecule has 2 amide bonds. The lowest BCUT2D eigenvalue weighted by Crippen LogP contribution is -2.46. The van der Waals surface area contributed by atoms with E-state index in [2.05, 4.69) is 34.4 Å². The Morgan fingerprint density at radius 1 is 1.17 bits per heavy atom. The molecule has 1 aromatic heterocycles. The van der Waals surface area contributed by atoms with E-state index in [4.69, 9.17) is 11.6 Å². The fourth-order valence-corrected chi connectivity index (χ4v) is 3.64. The van der Waals surface area contributed by atoms with E-state index in [0.717, 1.165) is 25.9 Å². The van der Waals surface area contributed by atoms with Gasteiger partial charge in [0.1, 0.15) is 5.82 Å². The minimum atomic E-state index is -0.231. The number of halogens is 2. The molecule has 1 fully saturated rings. The number of carbonyl (C=O) groups is 2. The van der Waals surface area contributed by atoms with Crippen molar-refractivity contribution >= 4 is 41.6 Å². The molecule has 1 aliphatic rings. The van der Waals surface area contributed by atoms with E-state index in [-0.39, 0.29) is 36.7 Å². The Hall–Kier alpha value is -2.15. The highest BCUT2D eigenvalue weighted by molar-refractivity contribution is 6.30. The molecule has 1 saturated heterocycles. The first-order valence-corrected chi connectivity index (χ1v) is 10.3. The van der Waals surface area contributed by atoms with Crippen molar-refractivity contribution in [3.63, 3.8) is 0 Å². The number of hydrogen-bond donors (Lipinski definition) is 2. The number of benzene rings is 1. The number of hydrogen-bond acceptors (Lipinski definition) is 4. The molecule has 162 valence electrons. The number of nitrogens with zero attached hydrogens (tertiary/aromatic N) is 2. The van der Waals surface area contributed by atoms with Crippen molar-refractivity contribution in [1.82, 2.24) is 15.2 Å². The average Bonchev–Trinajstić information content (AvgIpc) is 2.70. The monoisotopic (exact) mass is 450 g/mol. The van der Waals surface area contributed by atoms with Crippen molar-refractivity contribution in [2.45, 2.75) is 45.2 Å². The molecule has 0 unspecified atom stereocenters. The first-order valence-electron chi connectivity index (χ1n) is 9.96. The summed E-state index contributed by atoms with van der Waals surface area (Å²) in [5.41, 5.74) is 1.23. The molecule has 2 aromatic rings. The van der Waals surface area contributed by atoms with E-state index < -0.39 is 0 Å². The SMILES string of the molecule is CC(C)N1CCC(NC(=O)c2ccccc2CC(=O)Nc2ccc(Cl)cn2)CC1.Cl. The summed E-state index contributed by atoms with van der Waals surface area (Å²) in [7, 11) is 0. The molecule has 3 rings (SSSR count). The van der Waals surface area contributed by atoms with E-state index >= 15 is 0 Å². The number of pyridine rings is 1. The third-order valence-electron chi connectivity index (χ3n) is 5.20. The average molecular weight is 451 g/mol. The normalized spacial score (nSPS) is 14.8. The van der Waals surface area contributed by atoms with Crippen molar-refractivity contribution in [1.29, 1.82) is 0 Å². The van der Waals surface area contributed by atoms with Gasteiger partial charge in [0.15, 0.2) is 0 Å². The summed E-state index contributed by atoms with van der Waals surface area (Å²) >= 11 is 5.81. The van der Waals surface area contributed by atoms with Gasteiger partial charge in [-0.3, -0.25) is 9.59 Å². The second-order valence-electron chi connectivity index (χ2n) is 7.62. The van der Waals surface area contributed by atoms with Crippen molar-refractivity contribution in [3.05, 3.63) is 58.7 Å². The maximum Gasteiger partial charge on any atom is 0.251 e. The summed E-state index contributed by atoms with van der Waals surface area (Å²) in [5, 5.41) is 6.38. The molecule has 8 heteroatoms. The van der Waals surface area contributed by atoms with E-state index in [1.165, 1.54) is 6.20 Å². The highest BCUT2D eigenvalue weighted by Gasteiger charge is 2.23. The summed E-state index contributed by atoms with van der Waals surface area (Å²) in [6, 6.07) is 11.2. The van der Waals surface area contributed by atoms with E-state index in [1.54, 1.807) is 18.2 Å². The molecule has 0 bridgehead atoms. The minimum absolute atomic E-state index is 0. The number of carbonyl (C=O) groups excluding carboxylic acids is 2. The number of aromatic nitrogens is 1. The van der Waals surface area contributed by atoms with Crippen molar-refractivity contribution in [3.8, 4) is 0 Å². The Balaban J connectivity index is 0.00000320. The van der Waals surface area contributed by atoms with Crippen LogP contribution in [0.5, 0.6) is 0 Å². The molecule has 0 atom stereocenters. The first kappa shape index (κ1) is 24.1. The lowest BCUT2D eigenvalue weighted by atomic mass is 10.0. The van der Waals surface area contributed by atoms with E-state index in [1.807, 2.05) is 18.2 Å². The van der Waals surface area contributed by atoms with E-state index in [0.29, 0.717) is 28.0 Å². The largest absolute Gasteiger partial charge is 0.349 e. The smallest absolute Gasteiger partial charge is 0.251 e. The third kappa shape index (κ3) is 6.69. The lowest BCUT2D eigenvalue weighted by molar-refractivity contribution is -0.115. The second kappa shape index (κ2) is 11.3. The molecule has 2 heterocycles. The van der Waals surface area contributed by atoms with Crippen LogP contribution in [0, 0.1) is 0 Å². The van der Waals surface area contributed by atoms with Gasteiger partial charge in [0.05, 0.1) is 11.4 Å². The van der Waals surface area contributed by atoms with Crippen LogP contribution in [0.1, 0.15) is 42.6 Å². The van der Waals surface area contributed by atoms with Crippen molar-refractivity contribution in [2.75, 3.05) is 18.4 Å². The quantitative estimate of drug-likeness (QED) is 0.698. The van der Waals surface area contributed by atoms with Gasteiger partial charge < -0.3 is 15.5 Å². The highest BCUT2D eigenvalue weighted by atomic mass is 35.5. The fourth-order valence-electron chi connectivity index (χ4n) is 3.53. The standard InChI is InChI=1S/C22H27ClN4O2.ClH/c1-15(2)27-11-9-18(10-12-27)25-22(29)19-6-4-3-5-16(19)13-21(28)26-20-8-7-17(23)14-24-20;/h3-8,14-15,18H,9-13H2,1-2H3,(H,25,29)(H,24,26,28);1H. The Morgan fingerprint density at radius 3 is 2.50 bits per heavy atom. The molecule has 1 aliphatic heterocycles. The maximum atomic E-state index is 12.8. The lowest BCUT2D eigenvalue weighted by Gasteiger charge is -2.34. The van der Waals surface area contributed by atoms with E-state index in [9.17, 15) is 9.59 Å². The fraction of sp³-hybridized carbons (Fsp3) is 0.409. The number of rotatable bonds is 6. The Bertz CT molecular complexity index is 850. The zero-order valence-corrected chi connectivity index (χ0v) is 18.8. The van der Waals surface area contributed by atoms with Crippen LogP contribution >= 0.6 is 24.0 Å². The third-order valence-corrected chi connectivity index (χ3v) is 5.43. The van der Waals surface area contributed by atoms with Crippen LogP contribution in [-0.4, -0.2) is 46.9 Å². The van der Waals surface area contributed by atoms with Crippen LogP contribution in [0.25, 0.3) is 0 Å². The Morgan fingerprint density at radius 2 is 1.87 bits per heavy atom. The van der Waals surface area contributed by atoms with Gasteiger partial charge in [-0.15, -0.1) is 12.4 Å². The maximum absolute atomic E-state index is 12.8. The zero-order valence-electron chi connectivity index (χ0n) is 17.2. The summed E-state index contributed by atoms with van der Waals surface area (Å²) in [6.07, 6.45) is 3.45. The molecule has 0 radical (unpaired) electrons. The molecule has 1 aromatic carbocycles. The number of amides is 2. The zero-order chi connectivity index (χ0) is 20.8. The predicted octanol–water partition coefficient (Wildman–Crippen LogP) is 3.94.